The highest BCUT2D eigenvalue weighted by Crippen LogP contribution is 2.37. The molecule has 10 rings (SSSR count). The van der Waals surface area contributed by atoms with Crippen molar-refractivity contribution in [3.63, 3.8) is 0 Å². The van der Waals surface area contributed by atoms with Crippen LogP contribution in [0.4, 0.5) is 0 Å². The van der Waals surface area contributed by atoms with E-state index in [2.05, 4.69) is 6.58 Å². The summed E-state index contributed by atoms with van der Waals surface area (Å²) in [6, 6.07) is 61.2. The summed E-state index contributed by atoms with van der Waals surface area (Å²) < 4.78 is 66.1. The maximum Gasteiger partial charge on any atom is 0.338 e. The molecular formula is C65H58O14. The van der Waals surface area contributed by atoms with Crippen molar-refractivity contribution in [1.82, 2.24) is 0 Å². The molecule has 0 amide bonds. The zero-order chi connectivity index (χ0) is 54.5. The number of ether oxygens (including phenoxy) is 10. The van der Waals surface area contributed by atoms with E-state index in [9.17, 15) is 19.2 Å². The van der Waals surface area contributed by atoms with Crippen LogP contribution >= 0.6 is 0 Å². The quantitative estimate of drug-likeness (QED) is 0.0403. The first-order valence-corrected chi connectivity index (χ1v) is 26.1. The summed E-state index contributed by atoms with van der Waals surface area (Å²) in [7, 11) is 0. The van der Waals surface area contributed by atoms with Gasteiger partial charge in [-0.25, -0.2) is 19.2 Å². The van der Waals surface area contributed by atoms with Crippen molar-refractivity contribution in [2.24, 2.45) is 0 Å². The van der Waals surface area contributed by atoms with Gasteiger partial charge in [0.2, 0.25) is 0 Å². The van der Waals surface area contributed by atoms with Gasteiger partial charge in [0.15, 0.2) is 30.9 Å². The van der Waals surface area contributed by atoms with Crippen LogP contribution in [0, 0.1) is 0 Å². The van der Waals surface area contributed by atoms with E-state index >= 15 is 0 Å². The topological polar surface area (TPSA) is 161 Å². The van der Waals surface area contributed by atoms with Crippen LogP contribution in [-0.2, 0) is 60.6 Å². The Morgan fingerprint density at radius 3 is 1.35 bits per heavy atom. The van der Waals surface area contributed by atoms with Crippen LogP contribution in [0.25, 0.3) is 21.5 Å². The average Bonchev–Trinajstić information content (AvgIpc) is 3.59. The summed E-state index contributed by atoms with van der Waals surface area (Å²) in [6.07, 6.45) is -11.9. The van der Waals surface area contributed by atoms with Crippen molar-refractivity contribution < 1.29 is 66.5 Å². The molecule has 0 bridgehead atoms. The lowest BCUT2D eigenvalue weighted by atomic mass is 9.95. The van der Waals surface area contributed by atoms with E-state index in [-0.39, 0.29) is 42.1 Å². The molecule has 2 saturated heterocycles. The highest BCUT2D eigenvalue weighted by atomic mass is 16.8. The molecule has 0 unspecified atom stereocenters. The first-order valence-electron chi connectivity index (χ1n) is 26.1. The average molecular weight is 1060 g/mol. The van der Waals surface area contributed by atoms with Crippen LogP contribution in [0.3, 0.4) is 0 Å². The van der Waals surface area contributed by atoms with Crippen molar-refractivity contribution in [3.8, 4) is 0 Å². The van der Waals surface area contributed by atoms with E-state index in [1.165, 1.54) is 6.08 Å². The highest BCUT2D eigenvalue weighted by Gasteiger charge is 2.56. The molecule has 8 aromatic rings. The summed E-state index contributed by atoms with van der Waals surface area (Å²) in [6.45, 7) is 4.90. The number of hydrogen-bond acceptors (Lipinski definition) is 14. The van der Waals surface area contributed by atoms with E-state index in [1.54, 1.807) is 128 Å². The molecule has 0 radical (unpaired) electrons. The number of rotatable bonds is 20. The molecule has 0 N–H and O–H groups in total. The van der Waals surface area contributed by atoms with Crippen molar-refractivity contribution in [2.75, 3.05) is 13.2 Å². The van der Waals surface area contributed by atoms with Gasteiger partial charge in [0, 0.05) is 0 Å². The Labute approximate surface area is 457 Å². The van der Waals surface area contributed by atoms with Gasteiger partial charge < -0.3 is 47.4 Å². The molecule has 402 valence electrons. The third-order valence-electron chi connectivity index (χ3n) is 13.6. The molecule has 14 heteroatoms. The number of esters is 4. The van der Waals surface area contributed by atoms with Gasteiger partial charge in [-0.1, -0.05) is 152 Å². The Balaban J connectivity index is 1.10. The summed E-state index contributed by atoms with van der Waals surface area (Å²) in [4.78, 5) is 56.7. The van der Waals surface area contributed by atoms with Crippen LogP contribution in [0.15, 0.2) is 219 Å². The number of hydrogen-bond donors (Lipinski definition) is 0. The molecule has 2 aliphatic heterocycles. The molecule has 14 nitrogen and oxygen atoms in total. The van der Waals surface area contributed by atoms with Gasteiger partial charge in [-0.05, 0) is 100 Å². The van der Waals surface area contributed by atoms with Gasteiger partial charge in [0.25, 0.3) is 0 Å². The van der Waals surface area contributed by atoms with Crippen LogP contribution in [0.5, 0.6) is 0 Å². The molecule has 10 atom stereocenters. The number of fused-ring (bicyclic) bond motifs is 2. The summed E-state index contributed by atoms with van der Waals surface area (Å²) in [5.41, 5.74) is 2.47. The van der Waals surface area contributed by atoms with E-state index in [4.69, 9.17) is 47.4 Å². The summed E-state index contributed by atoms with van der Waals surface area (Å²) in [5.74, 6) is -2.89. The second kappa shape index (κ2) is 25.9. The van der Waals surface area contributed by atoms with Gasteiger partial charge in [-0.2, -0.15) is 0 Å². The zero-order valence-corrected chi connectivity index (χ0v) is 43.2. The molecule has 79 heavy (non-hydrogen) atoms. The second-order valence-electron chi connectivity index (χ2n) is 19.1. The van der Waals surface area contributed by atoms with Crippen LogP contribution in [0.2, 0.25) is 0 Å². The van der Waals surface area contributed by atoms with Gasteiger partial charge in [0.05, 0.1) is 48.2 Å². The summed E-state index contributed by atoms with van der Waals surface area (Å²) in [5, 5.41) is 3.96. The van der Waals surface area contributed by atoms with Crippen molar-refractivity contribution in [2.45, 2.75) is 81.5 Å². The maximum atomic E-state index is 14.4. The Hall–Kier alpha value is -8.34. The lowest BCUT2D eigenvalue weighted by Crippen LogP contribution is -2.66. The molecule has 2 heterocycles. The van der Waals surface area contributed by atoms with E-state index in [0.29, 0.717) is 0 Å². The largest absolute Gasteiger partial charge is 0.459 e. The minimum absolute atomic E-state index is 0.0334. The molecule has 0 aliphatic carbocycles. The standard InChI is InChI=1S/C65H58O14/c1-3-36-70-64-59(78-63(69)50-28-14-7-15-29-50)57(54(42(2)74-64)76-61(67)48-24-10-5-11-25-48)79-65-58(72-40-44-33-35-46-21-17-19-31-52(46)38-44)56(71-39-43-32-34-45-20-16-18-30-51(45)37-43)55(77-62(68)49-26-12-6-13-27-49)53(75-65)41-73-60(66)47-22-8-4-9-23-47/h3-35,37-38,42,53-59,64-65H,1,36,39-41H2,2H3/t42-,53-,54+,55+,56+,57+,58-,59-,64+,65-/m1/s1. The van der Waals surface area contributed by atoms with E-state index in [0.717, 1.165) is 32.7 Å². The van der Waals surface area contributed by atoms with E-state index < -0.39 is 91.9 Å². The first kappa shape index (κ1) is 54.0. The van der Waals surface area contributed by atoms with Gasteiger partial charge in [-0.15, -0.1) is 6.58 Å². The molecule has 2 fully saturated rings. The Morgan fingerprint density at radius 1 is 0.430 bits per heavy atom. The van der Waals surface area contributed by atoms with E-state index in [1.807, 2.05) is 84.9 Å². The third kappa shape index (κ3) is 13.3. The van der Waals surface area contributed by atoms with Gasteiger partial charge in [0.1, 0.15) is 31.0 Å². The molecule has 0 saturated carbocycles. The van der Waals surface area contributed by atoms with Gasteiger partial charge in [-0.3, -0.25) is 0 Å². The number of benzene rings is 8. The molecule has 0 aromatic heterocycles. The van der Waals surface area contributed by atoms with Crippen molar-refractivity contribution >= 4 is 45.4 Å². The minimum atomic E-state index is -1.57. The zero-order valence-electron chi connectivity index (χ0n) is 43.2. The monoisotopic (exact) mass is 1060 g/mol. The molecular weight excluding hydrogens is 1000 g/mol. The predicted molar refractivity (Wildman–Crippen MR) is 293 cm³/mol. The highest BCUT2D eigenvalue weighted by molar-refractivity contribution is 5.91. The molecule has 0 spiro atoms. The fourth-order valence-corrected chi connectivity index (χ4v) is 9.65. The Bertz CT molecular complexity index is 3340. The third-order valence-corrected chi connectivity index (χ3v) is 13.6. The SMILES string of the molecule is C=CCO[C@H]1O[C@H](C)[C@H](OC(=O)c2ccccc2)[C@H](O[C@H]2O[C@H](COC(=O)c3ccccc3)[C@H](OC(=O)c3ccccc3)[C@H](OCc3ccc4ccccc4c3)[C@H]2OCc2ccc3ccccc3c2)[C@H]1OC(=O)c1ccccc1. The molecule has 2 aliphatic rings. The van der Waals surface area contributed by atoms with Crippen LogP contribution < -0.4 is 0 Å². The Morgan fingerprint density at radius 2 is 0.861 bits per heavy atom. The Kier molecular flexibility index (Phi) is 17.7. The van der Waals surface area contributed by atoms with Crippen LogP contribution in [-0.4, -0.2) is 98.5 Å². The normalized spacial score (nSPS) is 22.8. The van der Waals surface area contributed by atoms with Crippen LogP contribution in [0.1, 0.15) is 59.5 Å². The summed E-state index contributed by atoms with van der Waals surface area (Å²) >= 11 is 0. The lowest BCUT2D eigenvalue weighted by Gasteiger charge is -2.49. The first-order chi connectivity index (χ1) is 38.7. The minimum Gasteiger partial charge on any atom is -0.459 e. The fraction of sp³-hybridized carbons (Fsp3) is 0.231. The maximum absolute atomic E-state index is 14.4. The van der Waals surface area contributed by atoms with Crippen molar-refractivity contribution in [1.29, 1.82) is 0 Å². The predicted octanol–water partition coefficient (Wildman–Crippen LogP) is 11.1. The lowest BCUT2D eigenvalue weighted by molar-refractivity contribution is -0.362. The number of carbonyl (C=O) groups excluding carboxylic acids is 4. The number of carbonyl (C=O) groups is 4. The van der Waals surface area contributed by atoms with Gasteiger partial charge >= 0.3 is 23.9 Å². The molecule has 8 aromatic carbocycles. The fourth-order valence-electron chi connectivity index (χ4n) is 9.65. The second-order valence-corrected chi connectivity index (χ2v) is 19.1. The smallest absolute Gasteiger partial charge is 0.338 e. The van der Waals surface area contributed by atoms with Crippen molar-refractivity contribution in [3.05, 3.63) is 252 Å².